The Morgan fingerprint density at radius 1 is 1.45 bits per heavy atom. The third-order valence-electron chi connectivity index (χ3n) is 4.53. The largest absolute Gasteiger partial charge is 0.481 e. The molecule has 1 aliphatic rings. The Kier molecular flexibility index (Phi) is 3.99. The summed E-state index contributed by atoms with van der Waals surface area (Å²) in [6, 6.07) is 7.93. The van der Waals surface area contributed by atoms with Crippen LogP contribution in [0.25, 0.3) is 0 Å². The standard InChI is InChI=1S/C16H20N2O2/c1-3-16(15(19)20)7-9-18(10-8-16)14-12(2)5-4-6-13(14)11-17/h4-6H,3,7-10H2,1-2H3,(H,19,20). The molecule has 2 rings (SSSR count). The molecule has 1 aromatic carbocycles. The third kappa shape index (κ3) is 2.36. The molecule has 0 aromatic heterocycles. The highest BCUT2D eigenvalue weighted by atomic mass is 16.4. The fourth-order valence-electron chi connectivity index (χ4n) is 3.05. The van der Waals surface area contributed by atoms with Crippen LogP contribution in [0.3, 0.4) is 0 Å². The van der Waals surface area contributed by atoms with Gasteiger partial charge < -0.3 is 10.0 Å². The van der Waals surface area contributed by atoms with Crippen LogP contribution < -0.4 is 4.90 Å². The van der Waals surface area contributed by atoms with E-state index in [1.807, 2.05) is 32.0 Å². The summed E-state index contributed by atoms with van der Waals surface area (Å²) in [6.07, 6.45) is 1.94. The van der Waals surface area contributed by atoms with E-state index in [0.29, 0.717) is 37.9 Å². The van der Waals surface area contributed by atoms with Crippen LogP contribution in [-0.2, 0) is 4.79 Å². The molecule has 1 aromatic rings. The number of rotatable bonds is 3. The highest BCUT2D eigenvalue weighted by molar-refractivity contribution is 5.75. The average Bonchev–Trinajstić information content (AvgIpc) is 2.47. The average molecular weight is 272 g/mol. The van der Waals surface area contributed by atoms with Gasteiger partial charge in [-0.1, -0.05) is 19.1 Å². The first kappa shape index (κ1) is 14.4. The molecule has 106 valence electrons. The van der Waals surface area contributed by atoms with Gasteiger partial charge in [-0.05, 0) is 37.8 Å². The molecule has 0 amide bonds. The maximum absolute atomic E-state index is 11.5. The summed E-state index contributed by atoms with van der Waals surface area (Å²) in [5.41, 5.74) is 2.12. The number of carbonyl (C=O) groups is 1. The Balaban J connectivity index is 2.24. The number of hydrogen-bond acceptors (Lipinski definition) is 3. The first-order chi connectivity index (χ1) is 9.54. The van der Waals surface area contributed by atoms with Crippen molar-refractivity contribution in [3.05, 3.63) is 29.3 Å². The highest BCUT2D eigenvalue weighted by Crippen LogP contribution is 2.38. The summed E-state index contributed by atoms with van der Waals surface area (Å²) >= 11 is 0. The minimum Gasteiger partial charge on any atom is -0.481 e. The van der Waals surface area contributed by atoms with Crippen molar-refractivity contribution in [1.82, 2.24) is 0 Å². The smallest absolute Gasteiger partial charge is 0.309 e. The van der Waals surface area contributed by atoms with E-state index in [2.05, 4.69) is 11.0 Å². The number of para-hydroxylation sites is 1. The van der Waals surface area contributed by atoms with Crippen molar-refractivity contribution in [2.45, 2.75) is 33.1 Å². The SMILES string of the molecule is CCC1(C(=O)O)CCN(c2c(C)cccc2C#N)CC1. The Hall–Kier alpha value is -2.02. The van der Waals surface area contributed by atoms with E-state index >= 15 is 0 Å². The molecule has 1 N–H and O–H groups in total. The van der Waals surface area contributed by atoms with Gasteiger partial charge in [-0.3, -0.25) is 4.79 Å². The number of nitrogens with zero attached hydrogens (tertiary/aromatic N) is 2. The van der Waals surface area contributed by atoms with E-state index < -0.39 is 11.4 Å². The first-order valence-corrected chi connectivity index (χ1v) is 7.02. The minimum absolute atomic E-state index is 0.591. The molecule has 0 spiro atoms. The summed E-state index contributed by atoms with van der Waals surface area (Å²) in [4.78, 5) is 13.6. The number of aryl methyl sites for hydroxylation is 1. The Labute approximate surface area is 119 Å². The number of benzene rings is 1. The van der Waals surface area contributed by atoms with E-state index in [-0.39, 0.29) is 0 Å². The maximum atomic E-state index is 11.5. The molecule has 0 saturated carbocycles. The summed E-state index contributed by atoms with van der Waals surface area (Å²) in [5.74, 6) is -0.690. The number of piperidine rings is 1. The van der Waals surface area contributed by atoms with Gasteiger partial charge in [0.05, 0.1) is 16.7 Å². The lowest BCUT2D eigenvalue weighted by atomic mass is 9.76. The van der Waals surface area contributed by atoms with Crippen LogP contribution in [0, 0.1) is 23.7 Å². The van der Waals surface area contributed by atoms with Gasteiger partial charge in [0, 0.05) is 13.1 Å². The third-order valence-corrected chi connectivity index (χ3v) is 4.53. The van der Waals surface area contributed by atoms with Crippen LogP contribution in [0.2, 0.25) is 0 Å². The second kappa shape index (κ2) is 5.54. The Morgan fingerprint density at radius 2 is 2.10 bits per heavy atom. The first-order valence-electron chi connectivity index (χ1n) is 7.02. The lowest BCUT2D eigenvalue weighted by Gasteiger charge is -2.40. The number of nitriles is 1. The molecule has 4 nitrogen and oxygen atoms in total. The van der Waals surface area contributed by atoms with E-state index in [1.54, 1.807) is 0 Å². The van der Waals surface area contributed by atoms with Crippen molar-refractivity contribution in [2.24, 2.45) is 5.41 Å². The molecule has 0 bridgehead atoms. The molecule has 1 heterocycles. The molecular weight excluding hydrogens is 252 g/mol. The summed E-state index contributed by atoms with van der Waals surface area (Å²) in [6.45, 7) is 5.33. The number of hydrogen-bond donors (Lipinski definition) is 1. The monoisotopic (exact) mass is 272 g/mol. The number of carboxylic acids is 1. The lowest BCUT2D eigenvalue weighted by molar-refractivity contribution is -0.150. The molecule has 1 fully saturated rings. The minimum atomic E-state index is -0.690. The predicted octanol–water partition coefficient (Wildman–Crippen LogP) is 2.95. The fraction of sp³-hybridized carbons (Fsp3) is 0.500. The van der Waals surface area contributed by atoms with Gasteiger partial charge in [-0.15, -0.1) is 0 Å². The molecule has 20 heavy (non-hydrogen) atoms. The second-order valence-corrected chi connectivity index (χ2v) is 5.51. The topological polar surface area (TPSA) is 64.3 Å². The van der Waals surface area contributed by atoms with E-state index in [0.717, 1.165) is 11.3 Å². The van der Waals surface area contributed by atoms with Crippen LogP contribution >= 0.6 is 0 Å². The van der Waals surface area contributed by atoms with Gasteiger partial charge in [-0.25, -0.2) is 0 Å². The molecule has 4 heteroatoms. The summed E-state index contributed by atoms with van der Waals surface area (Å²) in [7, 11) is 0. The van der Waals surface area contributed by atoms with E-state index in [1.165, 1.54) is 0 Å². The summed E-state index contributed by atoms with van der Waals surface area (Å²) < 4.78 is 0. The van der Waals surface area contributed by atoms with Crippen molar-refractivity contribution in [3.8, 4) is 6.07 Å². The van der Waals surface area contributed by atoms with Crippen LogP contribution in [0.1, 0.15) is 37.3 Å². The van der Waals surface area contributed by atoms with Crippen LogP contribution in [0.15, 0.2) is 18.2 Å². The Morgan fingerprint density at radius 3 is 2.60 bits per heavy atom. The molecule has 0 radical (unpaired) electrons. The normalized spacial score (nSPS) is 17.6. The molecule has 0 unspecified atom stereocenters. The molecule has 0 atom stereocenters. The van der Waals surface area contributed by atoms with Crippen molar-refractivity contribution < 1.29 is 9.90 Å². The number of anilines is 1. The molecular formula is C16H20N2O2. The molecule has 1 aliphatic heterocycles. The summed E-state index contributed by atoms with van der Waals surface area (Å²) in [5, 5.41) is 18.7. The quantitative estimate of drug-likeness (QED) is 0.918. The molecule has 1 saturated heterocycles. The van der Waals surface area contributed by atoms with Crippen LogP contribution in [0.4, 0.5) is 5.69 Å². The van der Waals surface area contributed by atoms with Crippen LogP contribution in [-0.4, -0.2) is 24.2 Å². The number of aliphatic carboxylic acids is 1. The second-order valence-electron chi connectivity index (χ2n) is 5.51. The van der Waals surface area contributed by atoms with E-state index in [9.17, 15) is 15.2 Å². The van der Waals surface area contributed by atoms with Crippen LogP contribution in [0.5, 0.6) is 0 Å². The van der Waals surface area contributed by atoms with Crippen molar-refractivity contribution in [1.29, 1.82) is 5.26 Å². The zero-order chi connectivity index (χ0) is 14.8. The van der Waals surface area contributed by atoms with Gasteiger partial charge in [0.2, 0.25) is 0 Å². The lowest BCUT2D eigenvalue weighted by Crippen LogP contribution is -2.44. The molecule has 0 aliphatic carbocycles. The predicted molar refractivity (Wildman–Crippen MR) is 77.7 cm³/mol. The van der Waals surface area contributed by atoms with Gasteiger partial charge in [0.1, 0.15) is 6.07 Å². The highest BCUT2D eigenvalue weighted by Gasteiger charge is 2.40. The fourth-order valence-corrected chi connectivity index (χ4v) is 3.05. The number of carboxylic acid groups (broad SMARTS) is 1. The zero-order valence-electron chi connectivity index (χ0n) is 12.0. The van der Waals surface area contributed by atoms with Crippen molar-refractivity contribution >= 4 is 11.7 Å². The van der Waals surface area contributed by atoms with E-state index in [4.69, 9.17) is 0 Å². The van der Waals surface area contributed by atoms with Crippen molar-refractivity contribution in [2.75, 3.05) is 18.0 Å². The van der Waals surface area contributed by atoms with Gasteiger partial charge in [0.15, 0.2) is 0 Å². The Bertz CT molecular complexity index is 552. The van der Waals surface area contributed by atoms with Gasteiger partial charge >= 0.3 is 5.97 Å². The maximum Gasteiger partial charge on any atom is 0.309 e. The van der Waals surface area contributed by atoms with Crippen molar-refractivity contribution in [3.63, 3.8) is 0 Å². The van der Waals surface area contributed by atoms with Gasteiger partial charge in [0.25, 0.3) is 0 Å². The van der Waals surface area contributed by atoms with Gasteiger partial charge in [-0.2, -0.15) is 5.26 Å². The zero-order valence-corrected chi connectivity index (χ0v) is 12.0.